The zero-order valence-corrected chi connectivity index (χ0v) is 24.1. The molecule has 216 valence electrons. The molecule has 7 nitrogen and oxygen atoms in total. The lowest BCUT2D eigenvalue weighted by molar-refractivity contribution is -0.138. The maximum absolute atomic E-state index is 14.5. The molecule has 1 aromatic heterocycles. The van der Waals surface area contributed by atoms with Gasteiger partial charge in [-0.05, 0) is 61.6 Å². The van der Waals surface area contributed by atoms with E-state index in [0.29, 0.717) is 42.5 Å². The fourth-order valence-electron chi connectivity index (χ4n) is 5.73. The smallest absolute Gasteiger partial charge is 0.393 e. The number of hydrogen-bond donors (Lipinski definition) is 4. The minimum atomic E-state index is -4.63. The Kier molecular flexibility index (Phi) is 7.84. The number of nitrogens with zero attached hydrogens (tertiary/aromatic N) is 3. The molecule has 2 aromatic rings. The Balaban J connectivity index is 1.73. The Hall–Kier alpha value is -2.76. The zero-order valence-electron chi connectivity index (χ0n) is 23.3. The highest BCUT2D eigenvalue weighted by Crippen LogP contribution is 2.47. The highest BCUT2D eigenvalue weighted by atomic mass is 32.2. The molecule has 0 aliphatic carbocycles. The molecule has 40 heavy (non-hydrogen) atoms. The Bertz CT molecular complexity index is 1330. The van der Waals surface area contributed by atoms with Crippen LogP contribution in [0.15, 0.2) is 52.8 Å². The van der Waals surface area contributed by atoms with Gasteiger partial charge in [0, 0.05) is 61.2 Å². The van der Waals surface area contributed by atoms with Gasteiger partial charge >= 0.3 is 6.18 Å². The van der Waals surface area contributed by atoms with Gasteiger partial charge in [-0.1, -0.05) is 31.7 Å². The van der Waals surface area contributed by atoms with Crippen molar-refractivity contribution in [2.75, 3.05) is 42.7 Å². The maximum Gasteiger partial charge on any atom is 0.418 e. The van der Waals surface area contributed by atoms with Crippen LogP contribution in [-0.2, 0) is 17.3 Å². The van der Waals surface area contributed by atoms with Gasteiger partial charge in [-0.3, -0.25) is 4.98 Å². The van der Waals surface area contributed by atoms with Crippen LogP contribution in [0.25, 0.3) is 0 Å². The van der Waals surface area contributed by atoms with Crippen LogP contribution in [0.5, 0.6) is 0 Å². The first-order valence-corrected chi connectivity index (χ1v) is 14.7. The fourth-order valence-corrected chi connectivity index (χ4v) is 6.52. The minimum Gasteiger partial charge on any atom is -0.393 e. The summed E-state index contributed by atoms with van der Waals surface area (Å²) in [7, 11) is 2.04. The minimum absolute atomic E-state index is 0.0110. The van der Waals surface area contributed by atoms with Crippen molar-refractivity contribution in [3.63, 3.8) is 0 Å². The summed E-state index contributed by atoms with van der Waals surface area (Å²) in [5.41, 5.74) is 1.86. The lowest BCUT2D eigenvalue weighted by Gasteiger charge is -2.41. The SMILES string of the molecule is CC(O)CSC1=NC(Nc2ccc3c(c2)N(C)CCC3(C)C)(c2ncccc2C(F)(F)F)C2=C(CCNCC2)N1. The second kappa shape index (κ2) is 10.9. The molecule has 0 radical (unpaired) electrons. The Labute approximate surface area is 237 Å². The number of nitrogens with one attached hydrogen (secondary N) is 3. The van der Waals surface area contributed by atoms with Crippen molar-refractivity contribution in [2.45, 2.75) is 63.4 Å². The molecule has 0 fully saturated rings. The van der Waals surface area contributed by atoms with E-state index in [4.69, 9.17) is 4.99 Å². The lowest BCUT2D eigenvalue weighted by atomic mass is 9.77. The number of rotatable bonds is 5. The van der Waals surface area contributed by atoms with Crippen molar-refractivity contribution in [1.82, 2.24) is 15.6 Å². The van der Waals surface area contributed by atoms with E-state index in [1.165, 1.54) is 29.6 Å². The average Bonchev–Trinajstić information content (AvgIpc) is 3.15. The lowest BCUT2D eigenvalue weighted by Crippen LogP contribution is -2.46. The van der Waals surface area contributed by atoms with Crippen molar-refractivity contribution in [3.8, 4) is 0 Å². The van der Waals surface area contributed by atoms with Crippen LogP contribution < -0.4 is 20.9 Å². The number of aromatic nitrogens is 1. The molecule has 0 saturated carbocycles. The van der Waals surface area contributed by atoms with Crippen LogP contribution in [-0.4, -0.2) is 53.8 Å². The number of alkyl halides is 3. The van der Waals surface area contributed by atoms with Gasteiger partial charge in [0.05, 0.1) is 11.7 Å². The number of aliphatic imine (C=N–C) groups is 1. The summed E-state index contributed by atoms with van der Waals surface area (Å²) < 4.78 is 43.6. The highest BCUT2D eigenvalue weighted by molar-refractivity contribution is 8.13. The van der Waals surface area contributed by atoms with E-state index >= 15 is 0 Å². The standard InChI is InChI=1S/C29H37F3N6OS/c1-18(39)17-40-26-35-23-10-14-33-13-9-20(23)28(37-26,25-22(29(30,31)32)6-5-12-34-25)36-19-7-8-21-24(16-19)38(4)15-11-27(21,2)3/h5-8,12,16,18,33,36,39H,9-11,13-15,17H2,1-4H3,(H,35,37). The quantitative estimate of drug-likeness (QED) is 0.391. The molecule has 5 rings (SSSR count). The van der Waals surface area contributed by atoms with Gasteiger partial charge in [0.15, 0.2) is 10.8 Å². The van der Waals surface area contributed by atoms with Gasteiger partial charge < -0.3 is 26.0 Å². The predicted molar refractivity (Wildman–Crippen MR) is 156 cm³/mol. The second-order valence-electron chi connectivity index (χ2n) is 11.4. The summed E-state index contributed by atoms with van der Waals surface area (Å²) in [6, 6.07) is 8.41. The third-order valence-corrected chi connectivity index (χ3v) is 9.00. The van der Waals surface area contributed by atoms with Crippen molar-refractivity contribution in [3.05, 3.63) is 64.6 Å². The van der Waals surface area contributed by atoms with Gasteiger partial charge in [-0.25, -0.2) is 4.99 Å². The molecular weight excluding hydrogens is 537 g/mol. The number of hydrogen-bond acceptors (Lipinski definition) is 8. The monoisotopic (exact) mass is 574 g/mol. The zero-order chi connectivity index (χ0) is 28.7. The van der Waals surface area contributed by atoms with E-state index in [9.17, 15) is 18.3 Å². The normalized spacial score (nSPS) is 23.4. The Morgan fingerprint density at radius 3 is 2.73 bits per heavy atom. The van der Waals surface area contributed by atoms with Crippen molar-refractivity contribution in [1.29, 1.82) is 0 Å². The number of fused-ring (bicyclic) bond motifs is 1. The largest absolute Gasteiger partial charge is 0.418 e. The predicted octanol–water partition coefficient (Wildman–Crippen LogP) is 5.19. The number of halogens is 3. The molecule has 4 heterocycles. The Morgan fingerprint density at radius 2 is 1.98 bits per heavy atom. The van der Waals surface area contributed by atoms with Gasteiger partial charge in [-0.2, -0.15) is 13.2 Å². The summed E-state index contributed by atoms with van der Waals surface area (Å²) in [4.78, 5) is 11.6. The molecule has 4 N–H and O–H groups in total. The van der Waals surface area contributed by atoms with E-state index in [-0.39, 0.29) is 11.1 Å². The second-order valence-corrected chi connectivity index (χ2v) is 12.4. The van der Waals surface area contributed by atoms with Crippen molar-refractivity contribution in [2.24, 2.45) is 4.99 Å². The van der Waals surface area contributed by atoms with Crippen molar-refractivity contribution < 1.29 is 18.3 Å². The van der Waals surface area contributed by atoms with Crippen LogP contribution in [0.4, 0.5) is 24.5 Å². The summed E-state index contributed by atoms with van der Waals surface area (Å²) >= 11 is 1.29. The van der Waals surface area contributed by atoms with Gasteiger partial charge in [-0.15, -0.1) is 0 Å². The summed E-state index contributed by atoms with van der Waals surface area (Å²) in [6.07, 6.45) is -1.74. The number of anilines is 2. The third-order valence-electron chi connectivity index (χ3n) is 7.88. The van der Waals surface area contributed by atoms with E-state index < -0.39 is 23.5 Å². The van der Waals surface area contributed by atoms with Gasteiger partial charge in [0.25, 0.3) is 0 Å². The van der Waals surface area contributed by atoms with E-state index in [2.05, 4.69) is 45.7 Å². The number of aliphatic hydroxyl groups excluding tert-OH is 1. The number of aliphatic hydroxyl groups is 1. The van der Waals surface area contributed by atoms with E-state index in [1.807, 2.05) is 19.2 Å². The first kappa shape index (κ1) is 28.8. The van der Waals surface area contributed by atoms with Crippen LogP contribution in [0, 0.1) is 0 Å². The highest BCUT2D eigenvalue weighted by Gasteiger charge is 2.48. The molecule has 11 heteroatoms. The first-order chi connectivity index (χ1) is 18.9. The number of pyridine rings is 1. The molecule has 0 saturated heterocycles. The number of benzene rings is 1. The molecule has 0 bridgehead atoms. The van der Waals surface area contributed by atoms with Gasteiger partial charge in [0.2, 0.25) is 0 Å². The van der Waals surface area contributed by atoms with E-state index in [0.717, 1.165) is 36.0 Å². The summed E-state index contributed by atoms with van der Waals surface area (Å²) in [5, 5.41) is 20.6. The molecule has 3 aliphatic heterocycles. The van der Waals surface area contributed by atoms with Crippen LogP contribution >= 0.6 is 11.8 Å². The number of amidine groups is 1. The Morgan fingerprint density at radius 1 is 1.20 bits per heavy atom. The molecule has 1 aromatic carbocycles. The summed E-state index contributed by atoms with van der Waals surface area (Å²) in [6.45, 7) is 8.28. The maximum atomic E-state index is 14.5. The molecule has 0 amide bonds. The van der Waals surface area contributed by atoms with E-state index in [1.54, 1.807) is 6.92 Å². The van der Waals surface area contributed by atoms with Crippen molar-refractivity contribution >= 4 is 28.3 Å². The molecular formula is C29H37F3N6OS. The third kappa shape index (κ3) is 5.56. The molecule has 2 unspecified atom stereocenters. The van der Waals surface area contributed by atoms with Crippen LogP contribution in [0.2, 0.25) is 0 Å². The first-order valence-electron chi connectivity index (χ1n) is 13.7. The average molecular weight is 575 g/mol. The summed E-state index contributed by atoms with van der Waals surface area (Å²) in [5.74, 6) is 0.343. The van der Waals surface area contributed by atoms with Crippen LogP contribution in [0.1, 0.15) is 56.9 Å². The fraction of sp³-hybridized carbons (Fsp3) is 0.517. The topological polar surface area (TPSA) is 84.8 Å². The molecule has 3 aliphatic rings. The van der Waals surface area contributed by atoms with Gasteiger partial charge in [0.1, 0.15) is 5.69 Å². The molecule has 0 spiro atoms. The van der Waals surface area contributed by atoms with Crippen LogP contribution in [0.3, 0.4) is 0 Å². The molecule has 2 atom stereocenters. The number of thioether (sulfide) groups is 1.